The van der Waals surface area contributed by atoms with E-state index in [9.17, 15) is 4.79 Å². The topological polar surface area (TPSA) is 32.8 Å². The van der Waals surface area contributed by atoms with Crippen LogP contribution in [0.15, 0.2) is 54.6 Å². The highest BCUT2D eigenvalue weighted by Gasteiger charge is 2.20. The second-order valence-corrected chi connectivity index (χ2v) is 6.46. The molecule has 0 unspecified atom stereocenters. The maximum atomic E-state index is 12.2. The summed E-state index contributed by atoms with van der Waals surface area (Å²) in [4.78, 5) is 16.4. The zero-order valence-electron chi connectivity index (χ0n) is 14.9. The van der Waals surface area contributed by atoms with Crippen molar-refractivity contribution in [2.75, 3.05) is 39.9 Å². The number of carbonyl (C=O) groups is 1. The summed E-state index contributed by atoms with van der Waals surface area (Å²) in [6.07, 6.45) is 0.589. The van der Waals surface area contributed by atoms with Crippen LogP contribution < -0.4 is 0 Å². The van der Waals surface area contributed by atoms with Crippen LogP contribution in [0.1, 0.15) is 12.0 Å². The largest absolute Gasteiger partial charge is 0.383 e. The molecule has 0 spiro atoms. The highest BCUT2D eigenvalue weighted by Crippen LogP contribution is 2.20. The number of ether oxygens (including phenoxy) is 1. The third-order valence-electron chi connectivity index (χ3n) is 4.71. The number of nitrogens with zero attached hydrogens (tertiary/aromatic N) is 2. The van der Waals surface area contributed by atoms with Crippen molar-refractivity contribution in [2.24, 2.45) is 0 Å². The van der Waals surface area contributed by atoms with Crippen LogP contribution in [0.5, 0.6) is 0 Å². The minimum absolute atomic E-state index is 0.235. The maximum absolute atomic E-state index is 12.2. The summed E-state index contributed by atoms with van der Waals surface area (Å²) >= 11 is 0. The first kappa shape index (κ1) is 17.6. The van der Waals surface area contributed by atoms with Crippen LogP contribution in [0, 0.1) is 0 Å². The second kappa shape index (κ2) is 8.79. The van der Waals surface area contributed by atoms with Crippen LogP contribution in [0.4, 0.5) is 0 Å². The van der Waals surface area contributed by atoms with E-state index in [4.69, 9.17) is 4.74 Å². The molecular formula is C21H26N2O2. The van der Waals surface area contributed by atoms with E-state index < -0.39 is 0 Å². The van der Waals surface area contributed by atoms with E-state index in [1.165, 1.54) is 16.7 Å². The van der Waals surface area contributed by atoms with Gasteiger partial charge in [-0.05, 0) is 16.7 Å². The molecule has 0 N–H and O–H groups in total. The van der Waals surface area contributed by atoms with Gasteiger partial charge in [-0.15, -0.1) is 0 Å². The van der Waals surface area contributed by atoms with Gasteiger partial charge in [0.05, 0.1) is 6.61 Å². The Morgan fingerprint density at radius 3 is 2.36 bits per heavy atom. The van der Waals surface area contributed by atoms with Gasteiger partial charge in [0.25, 0.3) is 0 Å². The molecule has 1 heterocycles. The number of methoxy groups -OCH3 is 1. The lowest BCUT2D eigenvalue weighted by Crippen LogP contribution is -2.35. The molecule has 4 nitrogen and oxygen atoms in total. The van der Waals surface area contributed by atoms with Gasteiger partial charge in [0.2, 0.25) is 5.91 Å². The van der Waals surface area contributed by atoms with Crippen LogP contribution in [0.2, 0.25) is 0 Å². The third-order valence-corrected chi connectivity index (χ3v) is 4.71. The monoisotopic (exact) mass is 338 g/mol. The van der Waals surface area contributed by atoms with Gasteiger partial charge in [-0.1, -0.05) is 54.6 Å². The predicted octanol–water partition coefficient (Wildman–Crippen LogP) is 3.03. The van der Waals surface area contributed by atoms with Crippen LogP contribution in [-0.4, -0.2) is 55.6 Å². The van der Waals surface area contributed by atoms with E-state index in [1.807, 2.05) is 11.0 Å². The van der Waals surface area contributed by atoms with Gasteiger partial charge in [0.1, 0.15) is 0 Å². The number of amides is 1. The van der Waals surface area contributed by atoms with Crippen molar-refractivity contribution in [1.82, 2.24) is 9.80 Å². The summed E-state index contributed by atoms with van der Waals surface area (Å²) in [5.41, 5.74) is 3.77. The summed E-state index contributed by atoms with van der Waals surface area (Å²) in [6.45, 7) is 4.70. The molecule has 0 radical (unpaired) electrons. The van der Waals surface area contributed by atoms with Gasteiger partial charge in [-0.2, -0.15) is 0 Å². The Hall–Kier alpha value is -2.17. The van der Waals surface area contributed by atoms with Crippen molar-refractivity contribution in [2.45, 2.75) is 13.0 Å². The summed E-state index contributed by atoms with van der Waals surface area (Å²) < 4.78 is 5.10. The zero-order chi connectivity index (χ0) is 17.5. The fourth-order valence-corrected chi connectivity index (χ4v) is 3.20. The van der Waals surface area contributed by atoms with Crippen molar-refractivity contribution in [3.05, 3.63) is 60.2 Å². The van der Waals surface area contributed by atoms with Gasteiger partial charge in [0.15, 0.2) is 0 Å². The summed E-state index contributed by atoms with van der Waals surface area (Å²) in [6, 6.07) is 19.2. The molecule has 0 bridgehead atoms. The Balaban J connectivity index is 1.58. The van der Waals surface area contributed by atoms with E-state index in [1.54, 1.807) is 7.11 Å². The van der Waals surface area contributed by atoms with Crippen LogP contribution >= 0.6 is 0 Å². The van der Waals surface area contributed by atoms with E-state index in [0.717, 1.165) is 26.2 Å². The molecule has 2 aromatic rings. The number of hydrogen-bond donors (Lipinski definition) is 0. The van der Waals surface area contributed by atoms with Crippen molar-refractivity contribution in [3.63, 3.8) is 0 Å². The molecule has 2 aromatic carbocycles. The molecule has 1 aliphatic rings. The van der Waals surface area contributed by atoms with E-state index in [0.29, 0.717) is 19.6 Å². The Kier molecular flexibility index (Phi) is 6.20. The van der Waals surface area contributed by atoms with Crippen LogP contribution in [-0.2, 0) is 16.1 Å². The number of hydrogen-bond acceptors (Lipinski definition) is 3. The van der Waals surface area contributed by atoms with E-state index >= 15 is 0 Å². The minimum atomic E-state index is 0.235. The lowest BCUT2D eigenvalue weighted by molar-refractivity contribution is -0.130. The molecule has 25 heavy (non-hydrogen) atoms. The molecule has 1 saturated heterocycles. The molecule has 0 aliphatic carbocycles. The smallest absolute Gasteiger partial charge is 0.223 e. The summed E-state index contributed by atoms with van der Waals surface area (Å²) in [5, 5.41) is 0. The Labute approximate surface area is 150 Å². The van der Waals surface area contributed by atoms with Crippen molar-refractivity contribution in [1.29, 1.82) is 0 Å². The molecule has 0 saturated carbocycles. The fourth-order valence-electron chi connectivity index (χ4n) is 3.20. The molecular weight excluding hydrogens is 312 g/mol. The molecule has 4 heteroatoms. The Morgan fingerprint density at radius 2 is 1.64 bits per heavy atom. The predicted molar refractivity (Wildman–Crippen MR) is 100 cm³/mol. The first-order valence-corrected chi connectivity index (χ1v) is 8.89. The summed E-state index contributed by atoms with van der Waals surface area (Å²) in [5.74, 6) is 0.235. The first-order chi connectivity index (χ1) is 12.3. The van der Waals surface area contributed by atoms with Gasteiger partial charge in [-0.3, -0.25) is 9.69 Å². The molecule has 1 fully saturated rings. The number of rotatable bonds is 6. The van der Waals surface area contributed by atoms with Crippen LogP contribution in [0.25, 0.3) is 11.1 Å². The lowest BCUT2D eigenvalue weighted by atomic mass is 10.0. The van der Waals surface area contributed by atoms with Gasteiger partial charge < -0.3 is 9.64 Å². The molecule has 132 valence electrons. The van der Waals surface area contributed by atoms with Crippen LogP contribution in [0.3, 0.4) is 0 Å². The standard InChI is InChI=1S/C21H26N2O2/c1-25-16-15-23-14-13-22(12-11-21(23)24)17-18-7-9-20(10-8-18)19-5-3-2-4-6-19/h2-10H,11-17H2,1H3. The number of carbonyl (C=O) groups excluding carboxylic acids is 1. The normalized spacial score (nSPS) is 16.0. The highest BCUT2D eigenvalue weighted by molar-refractivity contribution is 5.76. The minimum Gasteiger partial charge on any atom is -0.383 e. The fraction of sp³-hybridized carbons (Fsp3) is 0.381. The van der Waals surface area contributed by atoms with Crippen molar-refractivity contribution >= 4 is 5.91 Å². The first-order valence-electron chi connectivity index (χ1n) is 8.89. The SMILES string of the molecule is COCCN1CCN(Cc2ccc(-c3ccccc3)cc2)CCC1=O. The molecule has 3 rings (SSSR count). The van der Waals surface area contributed by atoms with Crippen molar-refractivity contribution < 1.29 is 9.53 Å². The quantitative estimate of drug-likeness (QED) is 0.812. The average Bonchev–Trinajstić information content (AvgIpc) is 2.83. The van der Waals surface area contributed by atoms with Crippen molar-refractivity contribution in [3.8, 4) is 11.1 Å². The lowest BCUT2D eigenvalue weighted by Gasteiger charge is -2.22. The van der Waals surface area contributed by atoms with E-state index in [2.05, 4.69) is 53.4 Å². The Bertz CT molecular complexity index is 670. The third kappa shape index (κ3) is 4.91. The maximum Gasteiger partial charge on any atom is 0.223 e. The average molecular weight is 338 g/mol. The number of benzene rings is 2. The zero-order valence-corrected chi connectivity index (χ0v) is 14.9. The Morgan fingerprint density at radius 1 is 0.920 bits per heavy atom. The van der Waals surface area contributed by atoms with E-state index in [-0.39, 0.29) is 5.91 Å². The molecule has 1 amide bonds. The van der Waals surface area contributed by atoms with Gasteiger partial charge >= 0.3 is 0 Å². The molecule has 0 atom stereocenters. The van der Waals surface area contributed by atoms with Gasteiger partial charge in [-0.25, -0.2) is 0 Å². The summed E-state index contributed by atoms with van der Waals surface area (Å²) in [7, 11) is 1.67. The molecule has 0 aromatic heterocycles. The molecule has 1 aliphatic heterocycles. The van der Waals surface area contributed by atoms with Gasteiger partial charge in [0, 0.05) is 46.3 Å². The highest BCUT2D eigenvalue weighted by atomic mass is 16.5. The second-order valence-electron chi connectivity index (χ2n) is 6.46.